The van der Waals surface area contributed by atoms with Crippen LogP contribution in [0.1, 0.15) is 25.7 Å². The second kappa shape index (κ2) is 11.8. The van der Waals surface area contributed by atoms with Gasteiger partial charge < -0.3 is 9.64 Å². The zero-order chi connectivity index (χ0) is 26.0. The van der Waals surface area contributed by atoms with Gasteiger partial charge in [-0.1, -0.05) is 46.4 Å². The van der Waals surface area contributed by atoms with Gasteiger partial charge in [0, 0.05) is 48.2 Å². The van der Waals surface area contributed by atoms with Gasteiger partial charge in [0.15, 0.2) is 0 Å². The van der Waals surface area contributed by atoms with Crippen molar-refractivity contribution in [2.75, 3.05) is 26.2 Å². The minimum atomic E-state index is -4.20. The number of nitrogens with zero attached hydrogens (tertiary/aromatic N) is 2. The van der Waals surface area contributed by atoms with E-state index in [2.05, 4.69) is 22.3 Å². The van der Waals surface area contributed by atoms with Gasteiger partial charge in [0.2, 0.25) is 0 Å². The summed E-state index contributed by atoms with van der Waals surface area (Å²) in [4.78, 5) is 16.6. The number of ether oxygens (including phenoxy) is 1. The van der Waals surface area contributed by atoms with Crippen LogP contribution in [0.2, 0.25) is 20.1 Å². The molecule has 0 unspecified atom stereocenters. The Morgan fingerprint density at radius 2 is 1.61 bits per heavy atom. The Hall–Kier alpha value is -1.07. The van der Waals surface area contributed by atoms with Crippen LogP contribution in [0.15, 0.2) is 40.1 Å². The molecule has 2 fully saturated rings. The zero-order valence-electron chi connectivity index (χ0n) is 19.1. The second-order valence-electron chi connectivity index (χ2n) is 8.80. The summed E-state index contributed by atoms with van der Waals surface area (Å²) in [6, 6.07) is 7.55. The van der Waals surface area contributed by atoms with Gasteiger partial charge >= 0.3 is 6.03 Å². The maximum absolute atomic E-state index is 12.7. The number of thiol groups is 1. The van der Waals surface area contributed by atoms with Gasteiger partial charge in [-0.2, -0.15) is 0 Å². The smallest absolute Gasteiger partial charge is 0.331 e. The summed E-state index contributed by atoms with van der Waals surface area (Å²) in [6.45, 7) is 2.67. The third kappa shape index (κ3) is 6.67. The van der Waals surface area contributed by atoms with Crippen LogP contribution in [-0.4, -0.2) is 62.6 Å². The molecule has 0 saturated carbocycles. The fraction of sp³-hybridized carbons (Fsp3) is 0.435. The van der Waals surface area contributed by atoms with Crippen LogP contribution in [0.4, 0.5) is 4.79 Å². The molecule has 0 bridgehead atoms. The van der Waals surface area contributed by atoms with Crippen LogP contribution in [0.25, 0.3) is 0 Å². The van der Waals surface area contributed by atoms with Gasteiger partial charge in [0.05, 0.1) is 15.1 Å². The molecule has 2 saturated heterocycles. The molecule has 0 atom stereocenters. The molecule has 0 radical (unpaired) electrons. The highest BCUT2D eigenvalue weighted by Crippen LogP contribution is 2.32. The normalized spacial score (nSPS) is 18.3. The third-order valence-corrected chi connectivity index (χ3v) is 9.74. The molecular weight excluding hydrogens is 588 g/mol. The number of rotatable bonds is 5. The molecule has 0 spiro atoms. The van der Waals surface area contributed by atoms with Gasteiger partial charge in [-0.05, 0) is 49.9 Å². The van der Waals surface area contributed by atoms with Crippen molar-refractivity contribution in [3.63, 3.8) is 0 Å². The van der Waals surface area contributed by atoms with E-state index in [-0.39, 0.29) is 25.9 Å². The number of halogens is 4. The van der Waals surface area contributed by atoms with Crippen molar-refractivity contribution in [2.45, 2.75) is 47.6 Å². The number of piperidine rings is 2. The number of hydrogen-bond donors (Lipinski definition) is 2. The summed E-state index contributed by atoms with van der Waals surface area (Å²) >= 11 is 28.2. The highest BCUT2D eigenvalue weighted by molar-refractivity contribution is 7.90. The Labute approximate surface area is 236 Å². The monoisotopic (exact) mass is 611 g/mol. The van der Waals surface area contributed by atoms with E-state index in [9.17, 15) is 13.2 Å². The summed E-state index contributed by atoms with van der Waals surface area (Å²) in [7, 11) is -4.20. The number of hydrogen-bond acceptors (Lipinski definition) is 6. The van der Waals surface area contributed by atoms with Crippen LogP contribution in [0, 0.1) is 0 Å². The minimum Gasteiger partial charge on any atom is -0.490 e. The van der Waals surface area contributed by atoms with Crippen LogP contribution in [-0.2, 0) is 10.0 Å². The molecule has 2 heterocycles. The Kier molecular flexibility index (Phi) is 9.13. The molecule has 196 valence electrons. The van der Waals surface area contributed by atoms with Crippen LogP contribution in [0.5, 0.6) is 5.75 Å². The van der Waals surface area contributed by atoms with Crippen molar-refractivity contribution < 1.29 is 17.9 Å². The van der Waals surface area contributed by atoms with E-state index in [1.807, 2.05) is 6.07 Å². The Bertz CT molecular complexity index is 1230. The average Bonchev–Trinajstić information content (AvgIpc) is 2.84. The van der Waals surface area contributed by atoms with E-state index in [4.69, 9.17) is 51.1 Å². The maximum atomic E-state index is 12.7. The minimum absolute atomic E-state index is 0.0896. The standard InChI is InChI=1S/C23H25Cl4N3O4S2/c24-14-11-20(35)22(27)21(12-14)36(32,33)28-23(31)30-7-3-15(4-8-30)29-9-5-16(6-10-29)34-17-1-2-18(25)19(26)13-17/h1-2,11-13,15-16,35H,3-10H2,(H,28,31). The fourth-order valence-electron chi connectivity index (χ4n) is 4.52. The van der Waals surface area contributed by atoms with Crippen LogP contribution < -0.4 is 9.46 Å². The topological polar surface area (TPSA) is 79.0 Å². The summed E-state index contributed by atoms with van der Waals surface area (Å²) in [6.07, 6.45) is 3.37. The number of sulfonamides is 1. The zero-order valence-corrected chi connectivity index (χ0v) is 23.8. The maximum Gasteiger partial charge on any atom is 0.331 e. The quantitative estimate of drug-likeness (QED) is 0.405. The molecule has 2 amide bonds. The molecule has 2 aliphatic rings. The van der Waals surface area contributed by atoms with E-state index in [0.717, 1.165) is 38.8 Å². The molecule has 1 N–H and O–H groups in total. The SMILES string of the molecule is O=C(NS(=O)(=O)c1cc(Cl)cc(S)c1Cl)N1CCC(N2CCC(Oc3ccc(Cl)c(Cl)c3)CC2)CC1. The molecule has 13 heteroatoms. The third-order valence-electron chi connectivity index (χ3n) is 6.43. The lowest BCUT2D eigenvalue weighted by molar-refractivity contribution is 0.0540. The first-order chi connectivity index (χ1) is 17.0. The largest absolute Gasteiger partial charge is 0.490 e. The number of carbonyl (C=O) groups is 1. The lowest BCUT2D eigenvalue weighted by Crippen LogP contribution is -2.52. The Morgan fingerprint density at radius 1 is 0.944 bits per heavy atom. The number of nitrogens with one attached hydrogen (secondary N) is 1. The molecule has 36 heavy (non-hydrogen) atoms. The molecule has 2 aromatic carbocycles. The average molecular weight is 613 g/mol. The van der Waals surface area contributed by atoms with E-state index < -0.39 is 16.1 Å². The highest BCUT2D eigenvalue weighted by Gasteiger charge is 2.32. The predicted molar refractivity (Wildman–Crippen MR) is 146 cm³/mol. The van der Waals surface area contributed by atoms with Crippen molar-refractivity contribution in [3.05, 3.63) is 50.4 Å². The first-order valence-electron chi connectivity index (χ1n) is 11.4. The molecule has 2 aliphatic heterocycles. The van der Waals surface area contributed by atoms with Gasteiger partial charge in [0.25, 0.3) is 10.0 Å². The van der Waals surface area contributed by atoms with Gasteiger partial charge in [-0.3, -0.25) is 4.90 Å². The summed E-state index contributed by atoms with van der Waals surface area (Å²) in [5.74, 6) is 0.710. The van der Waals surface area contributed by atoms with Crippen molar-refractivity contribution in [2.24, 2.45) is 0 Å². The van der Waals surface area contributed by atoms with E-state index in [1.165, 1.54) is 17.0 Å². The molecule has 4 rings (SSSR count). The fourth-order valence-corrected chi connectivity index (χ4v) is 7.01. The van der Waals surface area contributed by atoms with Crippen molar-refractivity contribution in [1.29, 1.82) is 0 Å². The predicted octanol–water partition coefficient (Wildman–Crippen LogP) is 6.00. The number of amides is 2. The van der Waals surface area contributed by atoms with Crippen molar-refractivity contribution >= 4 is 75.1 Å². The van der Waals surface area contributed by atoms with E-state index in [0.29, 0.717) is 34.9 Å². The summed E-state index contributed by atoms with van der Waals surface area (Å²) in [5.41, 5.74) is 0. The number of benzene rings is 2. The van der Waals surface area contributed by atoms with Crippen LogP contribution >= 0.6 is 59.0 Å². The lowest BCUT2D eigenvalue weighted by atomic mass is 9.99. The summed E-state index contributed by atoms with van der Waals surface area (Å²) in [5, 5.41) is 1.03. The Balaban J connectivity index is 1.26. The first-order valence-corrected chi connectivity index (χ1v) is 14.8. The van der Waals surface area contributed by atoms with E-state index in [1.54, 1.807) is 12.1 Å². The molecular formula is C23H25Cl4N3O4S2. The van der Waals surface area contributed by atoms with Crippen molar-refractivity contribution in [1.82, 2.24) is 14.5 Å². The molecule has 0 aliphatic carbocycles. The molecule has 7 nitrogen and oxygen atoms in total. The highest BCUT2D eigenvalue weighted by atomic mass is 35.5. The number of urea groups is 1. The second-order valence-corrected chi connectivity index (χ2v) is 12.6. The number of likely N-dealkylation sites (tertiary alicyclic amines) is 2. The number of carbonyl (C=O) groups excluding carboxylic acids is 1. The van der Waals surface area contributed by atoms with Gasteiger partial charge in [0.1, 0.15) is 16.7 Å². The Morgan fingerprint density at radius 3 is 2.25 bits per heavy atom. The lowest BCUT2D eigenvalue weighted by Gasteiger charge is -2.41. The first kappa shape index (κ1) is 28.0. The molecule has 0 aromatic heterocycles. The van der Waals surface area contributed by atoms with Crippen molar-refractivity contribution in [3.8, 4) is 5.75 Å². The van der Waals surface area contributed by atoms with E-state index >= 15 is 0 Å². The van der Waals surface area contributed by atoms with Gasteiger partial charge in [-0.15, -0.1) is 12.6 Å². The summed E-state index contributed by atoms with van der Waals surface area (Å²) < 4.78 is 33.7. The van der Waals surface area contributed by atoms with Crippen LogP contribution in [0.3, 0.4) is 0 Å². The molecule has 2 aromatic rings. The van der Waals surface area contributed by atoms with Gasteiger partial charge in [-0.25, -0.2) is 17.9 Å².